The van der Waals surface area contributed by atoms with Gasteiger partial charge in [0.2, 0.25) is 0 Å². The highest BCUT2D eigenvalue weighted by molar-refractivity contribution is 5.93. The van der Waals surface area contributed by atoms with Gasteiger partial charge in [-0.1, -0.05) is 73.5 Å². The molecule has 1 N–H and O–H groups in total. The molecule has 1 fully saturated rings. The zero-order valence-electron chi connectivity index (χ0n) is 17.4. The Bertz CT molecular complexity index is 915. The fourth-order valence-corrected chi connectivity index (χ4v) is 4.17. The molecule has 1 amide bonds. The lowest BCUT2D eigenvalue weighted by Crippen LogP contribution is -2.38. The van der Waals surface area contributed by atoms with E-state index in [-0.39, 0.29) is 11.9 Å². The van der Waals surface area contributed by atoms with Crippen molar-refractivity contribution < 1.29 is 4.79 Å². The second kappa shape index (κ2) is 10.2. The summed E-state index contributed by atoms with van der Waals surface area (Å²) in [6.07, 6.45) is 8.52. The molecule has 0 spiro atoms. The molecule has 1 aliphatic heterocycles. The first-order chi connectivity index (χ1) is 14.8. The molecular weight excluding hydrogens is 372 g/mol. The molecular formula is C25H30N4O. The highest BCUT2D eigenvalue weighted by Crippen LogP contribution is 2.23. The van der Waals surface area contributed by atoms with E-state index in [0.29, 0.717) is 18.7 Å². The molecule has 156 valence electrons. The Hall–Kier alpha value is -2.92. The van der Waals surface area contributed by atoms with Crippen molar-refractivity contribution >= 4 is 5.91 Å². The van der Waals surface area contributed by atoms with E-state index in [1.807, 2.05) is 35.1 Å². The molecule has 2 aromatic carbocycles. The first kappa shape index (κ1) is 20.4. The van der Waals surface area contributed by atoms with E-state index in [1.54, 1.807) is 6.20 Å². The molecule has 1 atom stereocenters. The summed E-state index contributed by atoms with van der Waals surface area (Å²) < 4.78 is 1.81. The van der Waals surface area contributed by atoms with E-state index >= 15 is 0 Å². The van der Waals surface area contributed by atoms with Crippen LogP contribution in [0.2, 0.25) is 0 Å². The topological polar surface area (TPSA) is 50.2 Å². The third-order valence-electron chi connectivity index (χ3n) is 5.80. The molecule has 3 aromatic rings. The highest BCUT2D eigenvalue weighted by Gasteiger charge is 2.22. The van der Waals surface area contributed by atoms with Gasteiger partial charge >= 0.3 is 0 Å². The average Bonchev–Trinajstić information content (AvgIpc) is 3.09. The maximum atomic E-state index is 12.8. The number of aromatic nitrogens is 2. The number of rotatable bonds is 7. The van der Waals surface area contributed by atoms with Gasteiger partial charge in [-0.15, -0.1) is 0 Å². The Labute approximate surface area is 178 Å². The standard InChI is InChI=1S/C25H30N4O/c30-25(23-17-27-29(20-23)19-21-11-5-3-6-12-21)26-18-24(22-13-7-4-8-14-22)28-15-9-1-2-10-16-28/h3-8,11-14,17,20,24H,1-2,9-10,15-16,18-19H2,(H,26,30)/t24-/m0/s1. The number of amides is 1. The summed E-state index contributed by atoms with van der Waals surface area (Å²) in [6.45, 7) is 3.44. The van der Waals surface area contributed by atoms with Gasteiger partial charge < -0.3 is 5.32 Å². The minimum absolute atomic E-state index is 0.0648. The summed E-state index contributed by atoms with van der Waals surface area (Å²) in [4.78, 5) is 15.3. The van der Waals surface area contributed by atoms with Crippen LogP contribution in [0.25, 0.3) is 0 Å². The lowest BCUT2D eigenvalue weighted by molar-refractivity contribution is 0.0933. The quantitative estimate of drug-likeness (QED) is 0.642. The lowest BCUT2D eigenvalue weighted by atomic mass is 10.0. The smallest absolute Gasteiger partial charge is 0.254 e. The zero-order chi connectivity index (χ0) is 20.6. The van der Waals surface area contributed by atoms with Gasteiger partial charge in [-0.25, -0.2) is 0 Å². The largest absolute Gasteiger partial charge is 0.350 e. The first-order valence-electron chi connectivity index (χ1n) is 10.9. The Morgan fingerprint density at radius 3 is 2.30 bits per heavy atom. The summed E-state index contributed by atoms with van der Waals surface area (Å²) in [5.74, 6) is -0.0648. The van der Waals surface area contributed by atoms with E-state index in [4.69, 9.17) is 0 Å². The zero-order valence-corrected chi connectivity index (χ0v) is 17.4. The molecule has 0 aliphatic carbocycles. The fourth-order valence-electron chi connectivity index (χ4n) is 4.17. The molecule has 0 unspecified atom stereocenters. The molecule has 2 heterocycles. The van der Waals surface area contributed by atoms with Crippen molar-refractivity contribution in [1.82, 2.24) is 20.0 Å². The van der Waals surface area contributed by atoms with Crippen LogP contribution in [0.3, 0.4) is 0 Å². The highest BCUT2D eigenvalue weighted by atomic mass is 16.1. The fraction of sp³-hybridized carbons (Fsp3) is 0.360. The number of nitrogens with zero attached hydrogens (tertiary/aromatic N) is 3. The van der Waals surface area contributed by atoms with Crippen molar-refractivity contribution in [3.05, 3.63) is 89.7 Å². The van der Waals surface area contributed by atoms with E-state index in [9.17, 15) is 4.79 Å². The normalized spacial score (nSPS) is 16.0. The minimum atomic E-state index is -0.0648. The van der Waals surface area contributed by atoms with Crippen LogP contribution < -0.4 is 5.32 Å². The lowest BCUT2D eigenvalue weighted by Gasteiger charge is -2.31. The third kappa shape index (κ3) is 5.36. The van der Waals surface area contributed by atoms with Crippen LogP contribution in [0.15, 0.2) is 73.1 Å². The van der Waals surface area contributed by atoms with Gasteiger partial charge in [0.1, 0.15) is 0 Å². The average molecular weight is 403 g/mol. The number of likely N-dealkylation sites (tertiary alicyclic amines) is 1. The van der Waals surface area contributed by atoms with Crippen LogP contribution in [-0.2, 0) is 6.54 Å². The van der Waals surface area contributed by atoms with Crippen molar-refractivity contribution in [1.29, 1.82) is 0 Å². The first-order valence-corrected chi connectivity index (χ1v) is 10.9. The number of carbonyl (C=O) groups is 1. The van der Waals surface area contributed by atoms with Crippen LogP contribution >= 0.6 is 0 Å². The monoisotopic (exact) mass is 402 g/mol. The number of nitrogens with one attached hydrogen (secondary N) is 1. The second-order valence-electron chi connectivity index (χ2n) is 8.00. The molecule has 0 bridgehead atoms. The molecule has 0 radical (unpaired) electrons. The van der Waals surface area contributed by atoms with Crippen molar-refractivity contribution in [3.8, 4) is 0 Å². The summed E-state index contributed by atoms with van der Waals surface area (Å²) >= 11 is 0. The van der Waals surface area contributed by atoms with Gasteiger partial charge in [0.15, 0.2) is 0 Å². The van der Waals surface area contributed by atoms with Gasteiger partial charge in [0, 0.05) is 12.7 Å². The molecule has 30 heavy (non-hydrogen) atoms. The number of carbonyl (C=O) groups excluding carboxylic acids is 1. The van der Waals surface area contributed by atoms with Gasteiger partial charge in [-0.3, -0.25) is 14.4 Å². The second-order valence-corrected chi connectivity index (χ2v) is 8.00. The molecule has 5 heteroatoms. The summed E-state index contributed by atoms with van der Waals surface area (Å²) in [7, 11) is 0. The third-order valence-corrected chi connectivity index (χ3v) is 5.80. The van der Waals surface area contributed by atoms with Gasteiger partial charge in [-0.2, -0.15) is 5.10 Å². The van der Waals surface area contributed by atoms with E-state index in [1.165, 1.54) is 31.2 Å². The number of hydrogen-bond acceptors (Lipinski definition) is 3. The Kier molecular flexibility index (Phi) is 6.93. The SMILES string of the molecule is O=C(NC[C@@H](c1ccccc1)N1CCCCCC1)c1cnn(Cc2ccccc2)c1. The van der Waals surface area contributed by atoms with Gasteiger partial charge in [0.25, 0.3) is 5.91 Å². The van der Waals surface area contributed by atoms with Gasteiger partial charge in [-0.05, 0) is 37.1 Å². The Morgan fingerprint density at radius 2 is 1.60 bits per heavy atom. The number of hydrogen-bond donors (Lipinski definition) is 1. The molecule has 1 aliphatic rings. The maximum Gasteiger partial charge on any atom is 0.254 e. The molecule has 1 aromatic heterocycles. The summed E-state index contributed by atoms with van der Waals surface area (Å²) in [6, 6.07) is 20.9. The van der Waals surface area contributed by atoms with Crippen LogP contribution in [0.5, 0.6) is 0 Å². The molecule has 4 rings (SSSR count). The van der Waals surface area contributed by atoms with Crippen LogP contribution in [0, 0.1) is 0 Å². The molecule has 5 nitrogen and oxygen atoms in total. The number of benzene rings is 2. The van der Waals surface area contributed by atoms with Crippen molar-refractivity contribution in [2.75, 3.05) is 19.6 Å². The van der Waals surface area contributed by atoms with Crippen LogP contribution in [0.1, 0.15) is 53.2 Å². The van der Waals surface area contributed by atoms with Gasteiger partial charge in [0.05, 0.1) is 24.3 Å². The molecule has 1 saturated heterocycles. The van der Waals surface area contributed by atoms with Crippen molar-refractivity contribution in [3.63, 3.8) is 0 Å². The van der Waals surface area contributed by atoms with Crippen LogP contribution in [-0.4, -0.2) is 40.2 Å². The van der Waals surface area contributed by atoms with E-state index in [2.05, 4.69) is 51.7 Å². The van der Waals surface area contributed by atoms with E-state index < -0.39 is 0 Å². The molecule has 0 saturated carbocycles. The Morgan fingerprint density at radius 1 is 0.933 bits per heavy atom. The van der Waals surface area contributed by atoms with Crippen molar-refractivity contribution in [2.45, 2.75) is 38.3 Å². The van der Waals surface area contributed by atoms with E-state index in [0.717, 1.165) is 18.7 Å². The maximum absolute atomic E-state index is 12.8. The summed E-state index contributed by atoms with van der Waals surface area (Å²) in [5, 5.41) is 7.52. The predicted molar refractivity (Wildman–Crippen MR) is 119 cm³/mol. The predicted octanol–water partition coefficient (Wildman–Crippen LogP) is 4.28. The summed E-state index contributed by atoms with van der Waals surface area (Å²) in [5.41, 5.74) is 3.03. The minimum Gasteiger partial charge on any atom is -0.350 e. The Balaban J connectivity index is 1.41. The van der Waals surface area contributed by atoms with Crippen LogP contribution in [0.4, 0.5) is 0 Å². The van der Waals surface area contributed by atoms with Crippen molar-refractivity contribution in [2.24, 2.45) is 0 Å².